The highest BCUT2D eigenvalue weighted by Crippen LogP contribution is 2.40. The van der Waals surface area contributed by atoms with E-state index in [9.17, 15) is 9.59 Å². The quantitative estimate of drug-likeness (QED) is 0.526. The molecule has 3 aromatic rings. The molecular weight excluding hydrogens is 454 g/mol. The zero-order chi connectivity index (χ0) is 24.1. The van der Waals surface area contributed by atoms with Crippen LogP contribution in [0.25, 0.3) is 0 Å². The fourth-order valence-electron chi connectivity index (χ4n) is 4.25. The largest absolute Gasteiger partial charge is 0.493 e. The lowest BCUT2D eigenvalue weighted by atomic mass is 9.87. The molecule has 8 heteroatoms. The molecular formula is C26H26ClN3O4. The van der Waals surface area contributed by atoms with Gasteiger partial charge in [0.05, 0.1) is 26.8 Å². The van der Waals surface area contributed by atoms with Crippen molar-refractivity contribution in [3.05, 3.63) is 94.0 Å². The van der Waals surface area contributed by atoms with Crippen LogP contribution in [0.3, 0.4) is 0 Å². The predicted octanol–water partition coefficient (Wildman–Crippen LogP) is 3.77. The number of hydrazine groups is 1. The van der Waals surface area contributed by atoms with E-state index >= 15 is 0 Å². The molecule has 2 amide bonds. The summed E-state index contributed by atoms with van der Waals surface area (Å²) in [5.74, 6) is 0.571. The summed E-state index contributed by atoms with van der Waals surface area (Å²) < 4.78 is 11.0. The molecule has 34 heavy (non-hydrogen) atoms. The van der Waals surface area contributed by atoms with Gasteiger partial charge in [-0.05, 0) is 53.4 Å². The van der Waals surface area contributed by atoms with E-state index in [1.807, 2.05) is 42.5 Å². The Kier molecular flexibility index (Phi) is 7.35. The van der Waals surface area contributed by atoms with Crippen molar-refractivity contribution in [3.8, 4) is 11.5 Å². The van der Waals surface area contributed by atoms with Gasteiger partial charge in [-0.3, -0.25) is 25.3 Å². The molecule has 0 aliphatic carbocycles. The average Bonchev–Trinajstić information content (AvgIpc) is 2.86. The third-order valence-electron chi connectivity index (χ3n) is 5.84. The first-order valence-corrected chi connectivity index (χ1v) is 11.3. The topological polar surface area (TPSA) is 79.9 Å². The van der Waals surface area contributed by atoms with Crippen molar-refractivity contribution in [3.63, 3.8) is 0 Å². The van der Waals surface area contributed by atoms with Gasteiger partial charge in [0.25, 0.3) is 11.8 Å². The van der Waals surface area contributed by atoms with Crippen molar-refractivity contribution in [1.82, 2.24) is 15.8 Å². The number of rotatable bonds is 6. The molecule has 4 rings (SSSR count). The Bertz CT molecular complexity index is 1190. The molecule has 0 radical (unpaired) electrons. The minimum Gasteiger partial charge on any atom is -0.493 e. The predicted molar refractivity (Wildman–Crippen MR) is 130 cm³/mol. The number of halogens is 1. The molecule has 7 nitrogen and oxygen atoms in total. The van der Waals surface area contributed by atoms with Gasteiger partial charge in [0.1, 0.15) is 0 Å². The average molecular weight is 480 g/mol. The minimum atomic E-state index is -0.434. The number of nitrogens with zero attached hydrogens (tertiary/aromatic N) is 1. The van der Waals surface area contributed by atoms with Crippen molar-refractivity contribution in [2.24, 2.45) is 0 Å². The van der Waals surface area contributed by atoms with E-state index in [2.05, 4.69) is 15.8 Å². The summed E-state index contributed by atoms with van der Waals surface area (Å²) >= 11 is 5.95. The second-order valence-corrected chi connectivity index (χ2v) is 8.39. The summed E-state index contributed by atoms with van der Waals surface area (Å²) in [5, 5.41) is 0.448. The van der Waals surface area contributed by atoms with Crippen LogP contribution in [0.1, 0.15) is 33.1 Å². The van der Waals surface area contributed by atoms with E-state index in [-0.39, 0.29) is 18.5 Å². The van der Waals surface area contributed by atoms with Gasteiger partial charge in [-0.25, -0.2) is 0 Å². The summed E-state index contributed by atoms with van der Waals surface area (Å²) in [6.45, 7) is 0.765. The van der Waals surface area contributed by atoms with E-state index in [1.54, 1.807) is 32.4 Å². The van der Waals surface area contributed by atoms with Crippen LogP contribution in [0.4, 0.5) is 0 Å². The number of hydrogen-bond donors (Lipinski definition) is 2. The third kappa shape index (κ3) is 5.16. The first-order valence-electron chi connectivity index (χ1n) is 10.9. The van der Waals surface area contributed by atoms with Crippen LogP contribution in [0, 0.1) is 0 Å². The van der Waals surface area contributed by atoms with Crippen LogP contribution in [0.5, 0.6) is 11.5 Å². The van der Waals surface area contributed by atoms with E-state index in [1.165, 1.54) is 6.07 Å². The van der Waals surface area contributed by atoms with Gasteiger partial charge in [-0.15, -0.1) is 0 Å². The molecule has 1 aliphatic rings. The molecule has 1 atom stereocenters. The zero-order valence-electron chi connectivity index (χ0n) is 19.0. The Balaban J connectivity index is 1.54. The van der Waals surface area contributed by atoms with Crippen LogP contribution in [0.15, 0.2) is 66.7 Å². The standard InChI is InChI=1S/C26H26ClN3O4/c1-33-22-14-18-11-12-30(16-24(31)28-29-26(32)19-9-6-10-20(27)13-19)25(17-7-4-3-5-8-17)21(18)15-23(22)34-2/h3-10,13-15,25H,11-12,16H2,1-2H3,(H,28,31)(H,29,32)/t25-/m0/s1. The summed E-state index contributed by atoms with van der Waals surface area (Å²) in [4.78, 5) is 27.2. The van der Waals surface area contributed by atoms with Gasteiger partial charge in [0.15, 0.2) is 11.5 Å². The molecule has 1 aliphatic heterocycles. The van der Waals surface area contributed by atoms with Crippen LogP contribution in [-0.2, 0) is 11.2 Å². The number of ether oxygens (including phenoxy) is 2. The second kappa shape index (κ2) is 10.6. The van der Waals surface area contributed by atoms with Gasteiger partial charge in [-0.1, -0.05) is 48.0 Å². The number of hydrogen-bond acceptors (Lipinski definition) is 5. The van der Waals surface area contributed by atoms with Crippen LogP contribution in [0.2, 0.25) is 5.02 Å². The molecule has 0 saturated carbocycles. The molecule has 3 aromatic carbocycles. The fourth-order valence-corrected chi connectivity index (χ4v) is 4.44. The molecule has 176 valence electrons. The Morgan fingerprint density at radius 1 is 0.971 bits per heavy atom. The number of carbonyl (C=O) groups is 2. The van der Waals surface area contributed by atoms with Crippen molar-refractivity contribution >= 4 is 23.4 Å². The Hall–Kier alpha value is -3.55. The van der Waals surface area contributed by atoms with Crippen LogP contribution >= 0.6 is 11.6 Å². The van der Waals surface area contributed by atoms with E-state index in [0.29, 0.717) is 28.6 Å². The Morgan fingerprint density at radius 2 is 1.71 bits per heavy atom. The number of fused-ring (bicyclic) bond motifs is 1. The SMILES string of the molecule is COc1cc2c(cc1OC)[C@H](c1ccccc1)N(CC(=O)NNC(=O)c1cccc(Cl)c1)CC2. The first-order chi connectivity index (χ1) is 16.5. The Labute approximate surface area is 203 Å². The highest BCUT2D eigenvalue weighted by Gasteiger charge is 2.31. The summed E-state index contributed by atoms with van der Waals surface area (Å²) in [5.41, 5.74) is 8.62. The summed E-state index contributed by atoms with van der Waals surface area (Å²) in [6.07, 6.45) is 0.751. The van der Waals surface area contributed by atoms with Gasteiger partial charge in [0.2, 0.25) is 0 Å². The number of nitrogens with one attached hydrogen (secondary N) is 2. The maximum atomic E-state index is 12.8. The molecule has 0 unspecified atom stereocenters. The number of benzene rings is 3. The lowest BCUT2D eigenvalue weighted by Gasteiger charge is -2.37. The highest BCUT2D eigenvalue weighted by molar-refractivity contribution is 6.30. The normalized spacial score (nSPS) is 15.2. The molecule has 2 N–H and O–H groups in total. The van der Waals surface area contributed by atoms with Crippen LogP contribution in [-0.4, -0.2) is 44.0 Å². The Morgan fingerprint density at radius 3 is 2.41 bits per heavy atom. The maximum absolute atomic E-state index is 12.8. The van der Waals surface area contributed by atoms with Crippen molar-refractivity contribution in [2.75, 3.05) is 27.3 Å². The lowest BCUT2D eigenvalue weighted by Crippen LogP contribution is -2.48. The summed E-state index contributed by atoms with van der Waals surface area (Å²) in [7, 11) is 3.23. The molecule has 1 heterocycles. The number of carbonyl (C=O) groups excluding carboxylic acids is 2. The third-order valence-corrected chi connectivity index (χ3v) is 6.07. The van der Waals surface area contributed by atoms with Gasteiger partial charge >= 0.3 is 0 Å². The number of methoxy groups -OCH3 is 2. The molecule has 0 spiro atoms. The second-order valence-electron chi connectivity index (χ2n) is 7.95. The lowest BCUT2D eigenvalue weighted by molar-refractivity contribution is -0.123. The molecule has 0 fully saturated rings. The van der Waals surface area contributed by atoms with E-state index in [0.717, 1.165) is 23.1 Å². The smallest absolute Gasteiger partial charge is 0.269 e. The van der Waals surface area contributed by atoms with Crippen LogP contribution < -0.4 is 20.3 Å². The first kappa shape index (κ1) is 23.6. The zero-order valence-corrected chi connectivity index (χ0v) is 19.8. The molecule has 0 bridgehead atoms. The maximum Gasteiger partial charge on any atom is 0.269 e. The van der Waals surface area contributed by atoms with Crippen molar-refractivity contribution in [2.45, 2.75) is 12.5 Å². The van der Waals surface area contributed by atoms with Crippen molar-refractivity contribution < 1.29 is 19.1 Å². The highest BCUT2D eigenvalue weighted by atomic mass is 35.5. The molecule has 0 aromatic heterocycles. The van der Waals surface area contributed by atoms with Crippen molar-refractivity contribution in [1.29, 1.82) is 0 Å². The monoisotopic (exact) mass is 479 g/mol. The molecule has 0 saturated heterocycles. The van der Waals surface area contributed by atoms with E-state index < -0.39 is 5.91 Å². The summed E-state index contributed by atoms with van der Waals surface area (Å²) in [6, 6.07) is 20.4. The fraction of sp³-hybridized carbons (Fsp3) is 0.231. The van der Waals surface area contributed by atoms with Gasteiger partial charge in [0, 0.05) is 17.1 Å². The van der Waals surface area contributed by atoms with Gasteiger partial charge < -0.3 is 9.47 Å². The van der Waals surface area contributed by atoms with E-state index in [4.69, 9.17) is 21.1 Å². The van der Waals surface area contributed by atoms with Gasteiger partial charge in [-0.2, -0.15) is 0 Å². The minimum absolute atomic E-state index is 0.100. The number of amides is 2.